The van der Waals surface area contributed by atoms with E-state index in [1.807, 2.05) is 0 Å². The molecule has 0 aliphatic rings. The van der Waals surface area contributed by atoms with Gasteiger partial charge in [-0.05, 0) is 17.8 Å². The first-order valence-corrected chi connectivity index (χ1v) is 7.39. The van der Waals surface area contributed by atoms with Gasteiger partial charge >= 0.3 is 0 Å². The standard InChI is InChI=1S/C13H27BrO3/c1-12(2)13(3,11-14)5-6-16-9-10-17-8-7-15-4/h12H,5-11H2,1-4H3. The minimum atomic E-state index is 0.316. The second-order valence-corrected chi connectivity index (χ2v) is 5.47. The Labute approximate surface area is 114 Å². The van der Waals surface area contributed by atoms with Crippen molar-refractivity contribution in [2.24, 2.45) is 11.3 Å². The summed E-state index contributed by atoms with van der Waals surface area (Å²) in [7, 11) is 1.67. The molecule has 0 aliphatic carbocycles. The molecule has 0 fully saturated rings. The summed E-state index contributed by atoms with van der Waals surface area (Å²) in [6.45, 7) is 10.2. The fourth-order valence-electron chi connectivity index (χ4n) is 1.28. The van der Waals surface area contributed by atoms with Crippen molar-refractivity contribution in [3.8, 4) is 0 Å². The summed E-state index contributed by atoms with van der Waals surface area (Å²) >= 11 is 3.59. The topological polar surface area (TPSA) is 27.7 Å². The summed E-state index contributed by atoms with van der Waals surface area (Å²) in [5.74, 6) is 0.656. The molecular weight excluding hydrogens is 284 g/mol. The van der Waals surface area contributed by atoms with Crippen LogP contribution in [0.2, 0.25) is 0 Å². The number of alkyl halides is 1. The molecule has 0 aromatic rings. The molecule has 1 atom stereocenters. The van der Waals surface area contributed by atoms with Crippen LogP contribution in [-0.4, -0.2) is 45.5 Å². The van der Waals surface area contributed by atoms with Gasteiger partial charge in [-0.15, -0.1) is 0 Å². The number of methoxy groups -OCH3 is 1. The van der Waals surface area contributed by atoms with Gasteiger partial charge in [-0.2, -0.15) is 0 Å². The third-order valence-corrected chi connectivity index (χ3v) is 4.60. The molecular formula is C13H27BrO3. The van der Waals surface area contributed by atoms with E-state index in [0.717, 1.165) is 18.4 Å². The van der Waals surface area contributed by atoms with E-state index in [-0.39, 0.29) is 0 Å². The molecule has 17 heavy (non-hydrogen) atoms. The van der Waals surface area contributed by atoms with Crippen molar-refractivity contribution in [1.82, 2.24) is 0 Å². The molecule has 0 amide bonds. The Bertz CT molecular complexity index is 176. The second-order valence-electron chi connectivity index (χ2n) is 4.91. The van der Waals surface area contributed by atoms with Gasteiger partial charge in [-0.3, -0.25) is 0 Å². The van der Waals surface area contributed by atoms with Gasteiger partial charge in [0.05, 0.1) is 26.4 Å². The van der Waals surface area contributed by atoms with E-state index in [4.69, 9.17) is 14.2 Å². The highest BCUT2D eigenvalue weighted by Gasteiger charge is 2.26. The highest BCUT2D eigenvalue weighted by molar-refractivity contribution is 9.09. The lowest BCUT2D eigenvalue weighted by atomic mass is 9.78. The minimum absolute atomic E-state index is 0.316. The van der Waals surface area contributed by atoms with E-state index in [2.05, 4.69) is 36.7 Å². The maximum Gasteiger partial charge on any atom is 0.0701 e. The van der Waals surface area contributed by atoms with Crippen LogP contribution in [0.4, 0.5) is 0 Å². The molecule has 0 aromatic heterocycles. The Morgan fingerprint density at radius 1 is 1.00 bits per heavy atom. The molecule has 1 unspecified atom stereocenters. The lowest BCUT2D eigenvalue weighted by molar-refractivity contribution is 0.0160. The zero-order valence-corrected chi connectivity index (χ0v) is 13.2. The summed E-state index contributed by atoms with van der Waals surface area (Å²) in [6.07, 6.45) is 1.08. The third-order valence-electron chi connectivity index (χ3n) is 3.32. The molecule has 0 N–H and O–H groups in total. The SMILES string of the molecule is COCCOCCOCCC(C)(CBr)C(C)C. The number of halogens is 1. The van der Waals surface area contributed by atoms with Crippen LogP contribution in [0.15, 0.2) is 0 Å². The van der Waals surface area contributed by atoms with Crippen LogP contribution in [0.3, 0.4) is 0 Å². The van der Waals surface area contributed by atoms with Gasteiger partial charge in [-0.1, -0.05) is 36.7 Å². The molecule has 104 valence electrons. The first-order valence-electron chi connectivity index (χ1n) is 6.27. The molecule has 0 radical (unpaired) electrons. The summed E-state index contributed by atoms with van der Waals surface area (Å²) in [5.41, 5.74) is 0.316. The quantitative estimate of drug-likeness (QED) is 0.433. The van der Waals surface area contributed by atoms with Crippen LogP contribution < -0.4 is 0 Å². The van der Waals surface area contributed by atoms with Crippen molar-refractivity contribution in [2.45, 2.75) is 27.2 Å². The average molecular weight is 311 g/mol. The van der Waals surface area contributed by atoms with Crippen molar-refractivity contribution in [1.29, 1.82) is 0 Å². The largest absolute Gasteiger partial charge is 0.382 e. The minimum Gasteiger partial charge on any atom is -0.382 e. The maximum absolute atomic E-state index is 5.57. The van der Waals surface area contributed by atoms with Gasteiger partial charge in [-0.25, -0.2) is 0 Å². The van der Waals surface area contributed by atoms with E-state index >= 15 is 0 Å². The highest BCUT2D eigenvalue weighted by Crippen LogP contribution is 2.32. The fourth-order valence-corrected chi connectivity index (χ4v) is 2.21. The number of hydrogen-bond acceptors (Lipinski definition) is 3. The van der Waals surface area contributed by atoms with E-state index < -0.39 is 0 Å². The Hall–Kier alpha value is 0.360. The van der Waals surface area contributed by atoms with Gasteiger partial charge in [0.1, 0.15) is 0 Å². The van der Waals surface area contributed by atoms with E-state index in [1.54, 1.807) is 7.11 Å². The summed E-state index contributed by atoms with van der Waals surface area (Å²) in [4.78, 5) is 0. The highest BCUT2D eigenvalue weighted by atomic mass is 79.9. The summed E-state index contributed by atoms with van der Waals surface area (Å²) in [5, 5.41) is 1.02. The third kappa shape index (κ3) is 8.14. The molecule has 0 bridgehead atoms. The number of rotatable bonds is 11. The molecule has 4 heteroatoms. The average Bonchev–Trinajstić information content (AvgIpc) is 2.32. The van der Waals surface area contributed by atoms with E-state index in [9.17, 15) is 0 Å². The van der Waals surface area contributed by atoms with Gasteiger partial charge in [0.25, 0.3) is 0 Å². The van der Waals surface area contributed by atoms with Crippen LogP contribution in [0.25, 0.3) is 0 Å². The zero-order chi connectivity index (χ0) is 13.1. The lowest BCUT2D eigenvalue weighted by Crippen LogP contribution is -2.27. The summed E-state index contributed by atoms with van der Waals surface area (Å²) < 4.78 is 15.8. The number of hydrogen-bond donors (Lipinski definition) is 0. The zero-order valence-electron chi connectivity index (χ0n) is 11.6. The first-order chi connectivity index (χ1) is 8.06. The summed E-state index contributed by atoms with van der Waals surface area (Å²) in [6, 6.07) is 0. The molecule has 0 aromatic carbocycles. The predicted molar refractivity (Wildman–Crippen MR) is 74.9 cm³/mol. The van der Waals surface area contributed by atoms with Gasteiger partial charge < -0.3 is 14.2 Å². The van der Waals surface area contributed by atoms with Gasteiger partial charge in [0.2, 0.25) is 0 Å². The Morgan fingerprint density at radius 3 is 2.00 bits per heavy atom. The van der Waals surface area contributed by atoms with Crippen molar-refractivity contribution in [3.63, 3.8) is 0 Å². The van der Waals surface area contributed by atoms with E-state index in [0.29, 0.717) is 37.8 Å². The predicted octanol–water partition coefficient (Wildman–Crippen LogP) is 3.11. The van der Waals surface area contributed by atoms with Crippen LogP contribution in [0.1, 0.15) is 27.2 Å². The van der Waals surface area contributed by atoms with Crippen LogP contribution >= 0.6 is 15.9 Å². The van der Waals surface area contributed by atoms with E-state index in [1.165, 1.54) is 0 Å². The molecule has 0 saturated heterocycles. The molecule has 0 saturated carbocycles. The lowest BCUT2D eigenvalue weighted by Gasteiger charge is -2.31. The molecule has 3 nitrogen and oxygen atoms in total. The molecule has 0 aliphatic heterocycles. The fraction of sp³-hybridized carbons (Fsp3) is 1.00. The smallest absolute Gasteiger partial charge is 0.0701 e. The van der Waals surface area contributed by atoms with Crippen LogP contribution in [0, 0.1) is 11.3 Å². The Morgan fingerprint density at radius 2 is 1.53 bits per heavy atom. The second kappa shape index (κ2) is 10.3. The maximum atomic E-state index is 5.57. The first kappa shape index (κ1) is 17.4. The Kier molecular flexibility index (Phi) is 10.5. The van der Waals surface area contributed by atoms with Crippen molar-refractivity contribution in [2.75, 3.05) is 45.5 Å². The van der Waals surface area contributed by atoms with Crippen molar-refractivity contribution in [3.05, 3.63) is 0 Å². The monoisotopic (exact) mass is 310 g/mol. The van der Waals surface area contributed by atoms with Crippen molar-refractivity contribution < 1.29 is 14.2 Å². The van der Waals surface area contributed by atoms with Gasteiger partial charge in [0, 0.05) is 19.0 Å². The number of ether oxygens (including phenoxy) is 3. The molecule has 0 rings (SSSR count). The normalized spacial score (nSPS) is 15.2. The van der Waals surface area contributed by atoms with Crippen molar-refractivity contribution >= 4 is 15.9 Å². The van der Waals surface area contributed by atoms with Crippen LogP contribution in [-0.2, 0) is 14.2 Å². The van der Waals surface area contributed by atoms with Crippen LogP contribution in [0.5, 0.6) is 0 Å². The Balaban J connectivity index is 3.44. The molecule has 0 spiro atoms. The molecule has 0 heterocycles. The van der Waals surface area contributed by atoms with Gasteiger partial charge in [0.15, 0.2) is 0 Å².